The quantitative estimate of drug-likeness (QED) is 0.714. The van der Waals surface area contributed by atoms with E-state index in [9.17, 15) is 0 Å². The second-order valence-electron chi connectivity index (χ2n) is 6.11. The molecule has 0 spiro atoms. The Labute approximate surface area is 145 Å². The van der Waals surface area contributed by atoms with Crippen LogP contribution in [0.3, 0.4) is 0 Å². The van der Waals surface area contributed by atoms with Gasteiger partial charge >= 0.3 is 0 Å². The van der Waals surface area contributed by atoms with Crippen molar-refractivity contribution < 1.29 is 0 Å². The van der Waals surface area contributed by atoms with Crippen molar-refractivity contribution in [3.8, 4) is 11.4 Å². The molecule has 0 amide bonds. The Bertz CT molecular complexity index is 808. The highest BCUT2D eigenvalue weighted by molar-refractivity contribution is 7.08. The lowest BCUT2D eigenvalue weighted by atomic mass is 10.2. The fraction of sp³-hybridized carbons (Fsp3) is 0.471. The lowest BCUT2D eigenvalue weighted by Gasteiger charge is -2.26. The molecule has 126 valence electrons. The molecular formula is C17H22N6S. The maximum absolute atomic E-state index is 4.82. The first kappa shape index (κ1) is 15.5. The van der Waals surface area contributed by atoms with Crippen molar-refractivity contribution in [3.05, 3.63) is 29.0 Å². The van der Waals surface area contributed by atoms with Gasteiger partial charge in [0, 0.05) is 30.1 Å². The average molecular weight is 342 g/mol. The molecule has 1 fully saturated rings. The van der Waals surface area contributed by atoms with Crippen LogP contribution in [0.1, 0.15) is 20.3 Å². The minimum Gasteiger partial charge on any atom is -0.354 e. The third kappa shape index (κ3) is 2.67. The zero-order valence-corrected chi connectivity index (χ0v) is 14.9. The number of rotatable bonds is 5. The summed E-state index contributed by atoms with van der Waals surface area (Å²) in [6.45, 7) is 8.78. The Kier molecular flexibility index (Phi) is 4.20. The summed E-state index contributed by atoms with van der Waals surface area (Å²) in [4.78, 5) is 4.91. The van der Waals surface area contributed by atoms with Crippen molar-refractivity contribution >= 4 is 22.8 Å². The Morgan fingerprint density at radius 2 is 2.08 bits per heavy atom. The first-order chi connectivity index (χ1) is 11.8. The number of hydrogen-bond donors (Lipinski definition) is 0. The largest absolute Gasteiger partial charge is 0.354 e. The summed E-state index contributed by atoms with van der Waals surface area (Å²) >= 11 is 1.66. The number of thiophene rings is 1. The second kappa shape index (κ2) is 6.49. The van der Waals surface area contributed by atoms with Crippen LogP contribution in [0.4, 0.5) is 5.82 Å². The maximum Gasteiger partial charge on any atom is 0.186 e. The first-order valence-electron chi connectivity index (χ1n) is 8.54. The molecule has 0 N–H and O–H groups in total. The lowest BCUT2D eigenvalue weighted by molar-refractivity contribution is 0.232. The molecule has 0 radical (unpaired) electrons. The van der Waals surface area contributed by atoms with Gasteiger partial charge in [-0.3, -0.25) is 4.90 Å². The standard InChI is InChI=1S/C17H22N6S/c1-3-21(4-2)14-7-9-22(11-14)16-6-5-15-18-19-17(23(15)20-16)13-8-10-24-12-13/h5-6,8,10,12,14H,3-4,7,9,11H2,1-2H3. The van der Waals surface area contributed by atoms with Crippen LogP contribution >= 0.6 is 11.3 Å². The summed E-state index contributed by atoms with van der Waals surface area (Å²) in [7, 11) is 0. The van der Waals surface area contributed by atoms with E-state index in [1.807, 2.05) is 10.6 Å². The first-order valence-corrected chi connectivity index (χ1v) is 9.48. The summed E-state index contributed by atoms with van der Waals surface area (Å²) in [6.07, 6.45) is 1.20. The van der Waals surface area contributed by atoms with Crippen LogP contribution in [0.2, 0.25) is 0 Å². The Morgan fingerprint density at radius 3 is 2.83 bits per heavy atom. The average Bonchev–Trinajstić information content (AvgIpc) is 3.35. The predicted octanol–water partition coefficient (Wildman–Crippen LogP) is 2.77. The molecule has 4 rings (SSSR count). The molecule has 24 heavy (non-hydrogen) atoms. The van der Waals surface area contributed by atoms with Crippen LogP contribution < -0.4 is 4.90 Å². The number of likely N-dealkylation sites (N-methyl/N-ethyl adjacent to an activating group) is 1. The van der Waals surface area contributed by atoms with Crippen molar-refractivity contribution in [2.45, 2.75) is 26.3 Å². The highest BCUT2D eigenvalue weighted by Gasteiger charge is 2.27. The van der Waals surface area contributed by atoms with Crippen LogP contribution in [0, 0.1) is 0 Å². The fourth-order valence-corrected chi connectivity index (χ4v) is 4.14. The highest BCUT2D eigenvalue weighted by Crippen LogP contribution is 2.24. The van der Waals surface area contributed by atoms with Crippen LogP contribution in [-0.4, -0.2) is 56.9 Å². The summed E-state index contributed by atoms with van der Waals surface area (Å²) < 4.78 is 1.86. The Balaban J connectivity index is 1.63. The van der Waals surface area contributed by atoms with Crippen molar-refractivity contribution in [2.75, 3.05) is 31.1 Å². The number of hydrogen-bond acceptors (Lipinski definition) is 6. The number of nitrogens with zero attached hydrogens (tertiary/aromatic N) is 6. The van der Waals surface area contributed by atoms with Crippen molar-refractivity contribution in [3.63, 3.8) is 0 Å². The van der Waals surface area contributed by atoms with Gasteiger partial charge < -0.3 is 4.90 Å². The third-order valence-electron chi connectivity index (χ3n) is 4.84. The molecule has 1 aliphatic heterocycles. The SMILES string of the molecule is CCN(CC)C1CCN(c2ccc3nnc(-c4ccsc4)n3n2)C1. The van der Waals surface area contributed by atoms with Crippen molar-refractivity contribution in [2.24, 2.45) is 0 Å². The van der Waals surface area contributed by atoms with Gasteiger partial charge in [0.1, 0.15) is 5.82 Å². The smallest absolute Gasteiger partial charge is 0.186 e. The molecule has 1 atom stereocenters. The molecule has 0 saturated carbocycles. The highest BCUT2D eigenvalue weighted by atomic mass is 32.1. The molecule has 3 aromatic rings. The molecule has 6 nitrogen and oxygen atoms in total. The van der Waals surface area contributed by atoms with Gasteiger partial charge in [-0.25, -0.2) is 0 Å². The molecular weight excluding hydrogens is 320 g/mol. The third-order valence-corrected chi connectivity index (χ3v) is 5.53. The zero-order chi connectivity index (χ0) is 16.5. The van der Waals surface area contributed by atoms with Crippen molar-refractivity contribution in [1.29, 1.82) is 0 Å². The second-order valence-corrected chi connectivity index (χ2v) is 6.89. The molecule has 1 aliphatic rings. The van der Waals surface area contributed by atoms with Gasteiger partial charge in [-0.05, 0) is 43.1 Å². The van der Waals surface area contributed by atoms with Gasteiger partial charge in [0.05, 0.1) is 0 Å². The minimum atomic E-state index is 0.620. The van der Waals surface area contributed by atoms with Crippen LogP contribution in [0.15, 0.2) is 29.0 Å². The van der Waals surface area contributed by atoms with E-state index in [0.29, 0.717) is 6.04 Å². The van der Waals surface area contributed by atoms with Crippen molar-refractivity contribution in [1.82, 2.24) is 24.7 Å². The van der Waals surface area contributed by atoms with E-state index < -0.39 is 0 Å². The molecule has 1 unspecified atom stereocenters. The number of anilines is 1. The molecule has 0 bridgehead atoms. The van der Waals surface area contributed by atoms with E-state index in [1.54, 1.807) is 11.3 Å². The Hall–Kier alpha value is -1.99. The van der Waals surface area contributed by atoms with E-state index >= 15 is 0 Å². The Morgan fingerprint density at radius 1 is 1.21 bits per heavy atom. The van der Waals surface area contributed by atoms with Gasteiger partial charge in [-0.1, -0.05) is 13.8 Å². The topological polar surface area (TPSA) is 49.6 Å². The minimum absolute atomic E-state index is 0.620. The monoisotopic (exact) mass is 342 g/mol. The van der Waals surface area contributed by atoms with Gasteiger partial charge in [0.15, 0.2) is 11.5 Å². The van der Waals surface area contributed by atoms with E-state index in [4.69, 9.17) is 5.10 Å². The fourth-order valence-electron chi connectivity index (χ4n) is 3.51. The molecule has 1 saturated heterocycles. The van der Waals surface area contributed by atoms with E-state index in [-0.39, 0.29) is 0 Å². The van der Waals surface area contributed by atoms with Gasteiger partial charge in [-0.15, -0.1) is 15.3 Å². The van der Waals surface area contributed by atoms with E-state index in [0.717, 1.165) is 49.0 Å². The predicted molar refractivity (Wildman–Crippen MR) is 97.6 cm³/mol. The van der Waals surface area contributed by atoms with E-state index in [2.05, 4.69) is 56.7 Å². The summed E-state index contributed by atoms with van der Waals surface area (Å²) in [6, 6.07) is 6.75. The van der Waals surface area contributed by atoms with Crippen LogP contribution in [-0.2, 0) is 0 Å². The molecule has 7 heteroatoms. The van der Waals surface area contributed by atoms with Crippen LogP contribution in [0.5, 0.6) is 0 Å². The molecule has 0 aromatic carbocycles. The van der Waals surface area contributed by atoms with Gasteiger partial charge in [0.2, 0.25) is 0 Å². The van der Waals surface area contributed by atoms with E-state index in [1.165, 1.54) is 6.42 Å². The normalized spacial score (nSPS) is 18.1. The molecule has 0 aliphatic carbocycles. The lowest BCUT2D eigenvalue weighted by Crippen LogP contribution is -2.37. The van der Waals surface area contributed by atoms with Crippen LogP contribution in [0.25, 0.3) is 17.0 Å². The summed E-state index contributed by atoms with van der Waals surface area (Å²) in [5.74, 6) is 1.82. The zero-order valence-electron chi connectivity index (χ0n) is 14.1. The summed E-state index contributed by atoms with van der Waals surface area (Å²) in [5, 5.41) is 17.5. The number of aromatic nitrogens is 4. The summed E-state index contributed by atoms with van der Waals surface area (Å²) in [5.41, 5.74) is 1.86. The molecule has 3 aromatic heterocycles. The maximum atomic E-state index is 4.82. The number of fused-ring (bicyclic) bond motifs is 1. The molecule has 4 heterocycles. The van der Waals surface area contributed by atoms with Gasteiger partial charge in [-0.2, -0.15) is 15.9 Å². The van der Waals surface area contributed by atoms with Gasteiger partial charge in [0.25, 0.3) is 0 Å².